The summed E-state index contributed by atoms with van der Waals surface area (Å²) in [5.74, 6) is 1.87. The van der Waals surface area contributed by atoms with Gasteiger partial charge in [0.05, 0.1) is 11.0 Å². The molecule has 1 fully saturated rings. The summed E-state index contributed by atoms with van der Waals surface area (Å²) in [5, 5.41) is 0. The second kappa shape index (κ2) is 5.79. The summed E-state index contributed by atoms with van der Waals surface area (Å²) >= 11 is 0. The zero-order chi connectivity index (χ0) is 18.9. The average Bonchev–Trinajstić information content (AvgIpc) is 3.28. The summed E-state index contributed by atoms with van der Waals surface area (Å²) in [4.78, 5) is 4.64. The Hall–Kier alpha value is -2.42. The van der Waals surface area contributed by atoms with Crippen LogP contribution in [0.3, 0.4) is 0 Å². The highest BCUT2D eigenvalue weighted by molar-refractivity contribution is 5.80. The number of benzene rings is 2. The minimum Gasteiger partial charge on any atom is -0.302 e. The van der Waals surface area contributed by atoms with Crippen molar-refractivity contribution in [1.29, 1.82) is 0 Å². The lowest BCUT2D eigenvalue weighted by atomic mass is 9.55. The quantitative estimate of drug-likeness (QED) is 0.498. The molecule has 0 spiro atoms. The average molecular weight is 372 g/mol. The van der Waals surface area contributed by atoms with E-state index < -0.39 is 0 Å². The van der Waals surface area contributed by atoms with Crippen LogP contribution in [-0.4, -0.2) is 9.55 Å². The first-order chi connectivity index (χ1) is 13.6. The maximum Gasteiger partial charge on any atom is 0.123 e. The van der Waals surface area contributed by atoms with Gasteiger partial charge < -0.3 is 4.57 Å². The Morgan fingerprint density at radius 2 is 2.04 bits per heavy atom. The number of aryl methyl sites for hydroxylation is 1. The highest BCUT2D eigenvalue weighted by atomic mass is 19.1. The molecule has 3 aliphatic rings. The number of para-hydroxylation sites is 2. The largest absolute Gasteiger partial charge is 0.302 e. The van der Waals surface area contributed by atoms with Gasteiger partial charge in [0.15, 0.2) is 0 Å². The smallest absolute Gasteiger partial charge is 0.123 e. The summed E-state index contributed by atoms with van der Waals surface area (Å²) in [6.07, 6.45) is 10.2. The molecule has 0 saturated heterocycles. The maximum atomic E-state index is 13.7. The third-order valence-electron chi connectivity index (χ3n) is 7.94. The van der Waals surface area contributed by atoms with Crippen molar-refractivity contribution < 1.29 is 4.39 Å². The maximum absolute atomic E-state index is 13.7. The van der Waals surface area contributed by atoms with E-state index in [0.717, 1.165) is 18.4 Å². The van der Waals surface area contributed by atoms with E-state index in [4.69, 9.17) is 0 Å². The number of allylic oxidation sites excluding steroid dienone is 2. The molecule has 28 heavy (non-hydrogen) atoms. The lowest BCUT2D eigenvalue weighted by Gasteiger charge is -2.50. The van der Waals surface area contributed by atoms with E-state index in [1.54, 1.807) is 12.1 Å². The Labute approximate surface area is 165 Å². The van der Waals surface area contributed by atoms with E-state index >= 15 is 0 Å². The molecule has 0 N–H and O–H groups in total. The van der Waals surface area contributed by atoms with Crippen LogP contribution in [0.4, 0.5) is 4.39 Å². The first-order valence-corrected chi connectivity index (χ1v) is 10.6. The first-order valence-electron chi connectivity index (χ1n) is 10.6. The highest BCUT2D eigenvalue weighted by Gasteiger charge is 2.52. The molecule has 2 nitrogen and oxygen atoms in total. The van der Waals surface area contributed by atoms with Gasteiger partial charge >= 0.3 is 0 Å². The molecule has 0 radical (unpaired) electrons. The summed E-state index contributed by atoms with van der Waals surface area (Å²) < 4.78 is 16.0. The Balaban J connectivity index is 1.38. The fourth-order valence-corrected chi connectivity index (χ4v) is 6.62. The van der Waals surface area contributed by atoms with Crippen LogP contribution < -0.4 is 0 Å². The number of nitrogens with zero attached hydrogens (tertiary/aromatic N) is 2. The van der Waals surface area contributed by atoms with Crippen molar-refractivity contribution in [2.45, 2.75) is 44.9 Å². The second-order valence-corrected chi connectivity index (χ2v) is 9.14. The molecule has 3 heteroatoms. The van der Waals surface area contributed by atoms with Crippen LogP contribution in [-0.2, 0) is 6.42 Å². The Morgan fingerprint density at radius 3 is 2.96 bits per heavy atom. The normalized spacial score (nSPS) is 31.2. The molecule has 0 bridgehead atoms. The van der Waals surface area contributed by atoms with Crippen molar-refractivity contribution in [3.63, 3.8) is 0 Å². The molecule has 1 saturated carbocycles. The lowest BCUT2D eigenvalue weighted by Crippen LogP contribution is -2.41. The summed E-state index contributed by atoms with van der Waals surface area (Å²) in [7, 11) is 0. The third kappa shape index (κ3) is 2.16. The van der Waals surface area contributed by atoms with Gasteiger partial charge in [0, 0.05) is 11.1 Å². The molecule has 3 unspecified atom stereocenters. The van der Waals surface area contributed by atoms with Crippen LogP contribution in [0.25, 0.3) is 16.7 Å². The van der Waals surface area contributed by atoms with Crippen LogP contribution in [0.1, 0.15) is 49.7 Å². The van der Waals surface area contributed by atoms with E-state index in [-0.39, 0.29) is 11.2 Å². The Morgan fingerprint density at radius 1 is 1.14 bits per heavy atom. The minimum atomic E-state index is -0.0883. The number of aromatic nitrogens is 2. The molecule has 0 aliphatic heterocycles. The fraction of sp³-hybridized carbons (Fsp3) is 0.400. The van der Waals surface area contributed by atoms with E-state index in [0.29, 0.717) is 17.8 Å². The predicted octanol–water partition coefficient (Wildman–Crippen LogP) is 6.18. The number of imidazole rings is 1. The standard InChI is InChI=1S/C25H25FN2/c1-25-13-12-19-18-9-7-17(26)14-16(18)6-8-20(19)21(25)10-11-24(25)28-15-27-22-4-2-3-5-23(22)28/h2-5,7,9,11,14-15,19-21H,6,8,10,12-13H2,1H3/t19?,20?,21?,25-/m0/s1. The van der Waals surface area contributed by atoms with Gasteiger partial charge in [0.2, 0.25) is 0 Å². The fourth-order valence-electron chi connectivity index (χ4n) is 6.62. The topological polar surface area (TPSA) is 17.8 Å². The molecule has 1 aromatic heterocycles. The zero-order valence-electron chi connectivity index (χ0n) is 16.2. The number of fused-ring (bicyclic) bond motifs is 6. The Kier molecular flexibility index (Phi) is 3.42. The van der Waals surface area contributed by atoms with E-state index in [1.807, 2.05) is 6.33 Å². The molecule has 6 rings (SSSR count). The van der Waals surface area contributed by atoms with Gasteiger partial charge in [-0.15, -0.1) is 0 Å². The molecular formula is C25H25FN2. The Bertz CT molecular complexity index is 1110. The first kappa shape index (κ1) is 16.5. The van der Waals surface area contributed by atoms with Crippen molar-refractivity contribution in [2.75, 3.05) is 0 Å². The summed E-state index contributed by atoms with van der Waals surface area (Å²) in [6, 6.07) is 13.9. The van der Waals surface area contributed by atoms with Gasteiger partial charge in [-0.3, -0.25) is 0 Å². The minimum absolute atomic E-state index is 0.0883. The van der Waals surface area contributed by atoms with Gasteiger partial charge in [-0.1, -0.05) is 31.2 Å². The van der Waals surface area contributed by atoms with E-state index in [1.165, 1.54) is 41.6 Å². The number of halogens is 1. The van der Waals surface area contributed by atoms with Gasteiger partial charge in [-0.05, 0) is 85.3 Å². The predicted molar refractivity (Wildman–Crippen MR) is 110 cm³/mol. The van der Waals surface area contributed by atoms with Gasteiger partial charge in [0.25, 0.3) is 0 Å². The number of hydrogen-bond acceptors (Lipinski definition) is 1. The van der Waals surface area contributed by atoms with E-state index in [2.05, 4.69) is 52.9 Å². The van der Waals surface area contributed by atoms with Crippen molar-refractivity contribution in [3.05, 3.63) is 71.8 Å². The highest BCUT2D eigenvalue weighted by Crippen LogP contribution is 2.62. The molecule has 3 aromatic rings. The van der Waals surface area contributed by atoms with Gasteiger partial charge in [-0.2, -0.15) is 0 Å². The van der Waals surface area contributed by atoms with Crippen molar-refractivity contribution in [2.24, 2.45) is 17.3 Å². The molecule has 4 atom stereocenters. The number of hydrogen-bond donors (Lipinski definition) is 0. The van der Waals surface area contributed by atoms with Crippen LogP contribution in [0, 0.1) is 23.1 Å². The molecule has 142 valence electrons. The van der Waals surface area contributed by atoms with Crippen molar-refractivity contribution in [1.82, 2.24) is 9.55 Å². The SMILES string of the molecule is C[C@]12CCC3c4ccc(F)cc4CCC3C1CC=C2n1cnc2ccccc21. The van der Waals surface area contributed by atoms with Crippen LogP contribution >= 0.6 is 0 Å². The molecular weight excluding hydrogens is 347 g/mol. The van der Waals surface area contributed by atoms with Gasteiger partial charge in [0.1, 0.15) is 12.1 Å². The van der Waals surface area contributed by atoms with Crippen LogP contribution in [0.2, 0.25) is 0 Å². The van der Waals surface area contributed by atoms with Crippen molar-refractivity contribution in [3.8, 4) is 0 Å². The second-order valence-electron chi connectivity index (χ2n) is 9.14. The third-order valence-corrected chi connectivity index (χ3v) is 7.94. The molecule has 3 aliphatic carbocycles. The van der Waals surface area contributed by atoms with Crippen LogP contribution in [0.15, 0.2) is 54.9 Å². The van der Waals surface area contributed by atoms with E-state index in [9.17, 15) is 4.39 Å². The van der Waals surface area contributed by atoms with Crippen molar-refractivity contribution >= 4 is 16.7 Å². The zero-order valence-corrected chi connectivity index (χ0v) is 16.2. The summed E-state index contributed by atoms with van der Waals surface area (Å²) in [6.45, 7) is 2.47. The number of rotatable bonds is 1. The molecule has 0 amide bonds. The lowest BCUT2D eigenvalue weighted by molar-refractivity contribution is 0.0855. The summed E-state index contributed by atoms with van der Waals surface area (Å²) in [5.41, 5.74) is 6.58. The molecule has 1 heterocycles. The monoisotopic (exact) mass is 372 g/mol. The molecule has 2 aromatic carbocycles. The van der Waals surface area contributed by atoms with Gasteiger partial charge in [-0.25, -0.2) is 9.37 Å². The van der Waals surface area contributed by atoms with Crippen LogP contribution in [0.5, 0.6) is 0 Å².